The Morgan fingerprint density at radius 3 is 2.49 bits per heavy atom. The average molecular weight is 632 g/mol. The summed E-state index contributed by atoms with van der Waals surface area (Å²) >= 11 is 6.38. The molecule has 12 nitrogen and oxygen atoms in total. The van der Waals surface area contributed by atoms with Gasteiger partial charge in [-0.25, -0.2) is 22.8 Å². The second kappa shape index (κ2) is 12.3. The maximum atomic E-state index is 15.2. The molecule has 2 aromatic heterocycles. The van der Waals surface area contributed by atoms with Crippen molar-refractivity contribution in [2.75, 3.05) is 79.4 Å². The van der Waals surface area contributed by atoms with E-state index in [0.29, 0.717) is 47.7 Å². The number of likely N-dealkylation sites (N-methyl/N-ethyl adjacent to an activating group) is 1. The van der Waals surface area contributed by atoms with E-state index in [1.54, 1.807) is 18.3 Å². The largest absolute Gasteiger partial charge is 0.493 e. The summed E-state index contributed by atoms with van der Waals surface area (Å²) < 4.78 is 47.4. The maximum absolute atomic E-state index is 15.2. The number of halogens is 2. The van der Waals surface area contributed by atoms with Gasteiger partial charge in [0, 0.05) is 63.9 Å². The van der Waals surface area contributed by atoms with Gasteiger partial charge in [-0.3, -0.25) is 9.62 Å². The number of ether oxygens (including phenoxy) is 1. The van der Waals surface area contributed by atoms with E-state index in [9.17, 15) is 8.42 Å². The molecular weight excluding hydrogens is 597 g/mol. The van der Waals surface area contributed by atoms with Crippen LogP contribution in [0.3, 0.4) is 0 Å². The van der Waals surface area contributed by atoms with Crippen LogP contribution in [0.1, 0.15) is 18.4 Å². The van der Waals surface area contributed by atoms with Gasteiger partial charge in [0.1, 0.15) is 10.8 Å². The second-order valence-corrected chi connectivity index (χ2v) is 13.4. The van der Waals surface area contributed by atoms with Crippen molar-refractivity contribution in [1.82, 2.24) is 24.8 Å². The molecule has 1 aromatic carbocycles. The molecule has 0 bridgehead atoms. The molecule has 15 heteroatoms. The van der Waals surface area contributed by atoms with E-state index >= 15 is 4.39 Å². The van der Waals surface area contributed by atoms with Gasteiger partial charge in [-0.05, 0) is 31.5 Å². The van der Waals surface area contributed by atoms with Gasteiger partial charge in [0.15, 0.2) is 17.5 Å². The lowest BCUT2D eigenvalue weighted by Gasteiger charge is -2.42. The van der Waals surface area contributed by atoms with Crippen LogP contribution in [0.5, 0.6) is 5.75 Å². The molecule has 0 unspecified atom stereocenters. The van der Waals surface area contributed by atoms with Gasteiger partial charge in [-0.1, -0.05) is 11.6 Å². The quantitative estimate of drug-likeness (QED) is 0.337. The van der Waals surface area contributed by atoms with Crippen LogP contribution in [0.15, 0.2) is 30.6 Å². The highest BCUT2D eigenvalue weighted by atomic mass is 35.5. The van der Waals surface area contributed by atoms with Crippen molar-refractivity contribution in [1.29, 1.82) is 0 Å². The Morgan fingerprint density at radius 1 is 1.00 bits per heavy atom. The average Bonchev–Trinajstić information content (AvgIpc) is 3.42. The number of sulfonamides is 1. The van der Waals surface area contributed by atoms with Crippen LogP contribution in [-0.2, 0) is 16.4 Å². The highest BCUT2D eigenvalue weighted by Crippen LogP contribution is 2.37. The first-order valence-electron chi connectivity index (χ1n) is 14.3. The molecule has 3 aliphatic rings. The van der Waals surface area contributed by atoms with E-state index in [0.717, 1.165) is 63.9 Å². The van der Waals surface area contributed by atoms with E-state index in [1.807, 2.05) is 4.90 Å². The number of pyridine rings is 1. The summed E-state index contributed by atoms with van der Waals surface area (Å²) in [6.45, 7) is 6.36. The second-order valence-electron chi connectivity index (χ2n) is 11.2. The van der Waals surface area contributed by atoms with Gasteiger partial charge in [0.25, 0.3) is 0 Å². The molecular formula is C28H35ClFN9O3S. The van der Waals surface area contributed by atoms with E-state index in [4.69, 9.17) is 16.3 Å². The molecule has 0 atom stereocenters. The zero-order chi connectivity index (χ0) is 30.1. The van der Waals surface area contributed by atoms with Crippen molar-refractivity contribution in [3.63, 3.8) is 0 Å². The van der Waals surface area contributed by atoms with Crippen molar-refractivity contribution >= 4 is 56.3 Å². The molecule has 0 radical (unpaired) electrons. The summed E-state index contributed by atoms with van der Waals surface area (Å²) in [5.74, 6) is 0.942. The molecule has 2 fully saturated rings. The molecule has 3 aliphatic heterocycles. The fourth-order valence-electron chi connectivity index (χ4n) is 5.75. The molecule has 0 saturated carbocycles. The highest BCUT2D eigenvalue weighted by molar-refractivity contribution is 7.92. The monoisotopic (exact) mass is 631 g/mol. The normalized spacial score (nSPS) is 18.3. The number of hydrogen-bond donors (Lipinski definition) is 3. The lowest BCUT2D eigenvalue weighted by atomic mass is 10.0. The zero-order valence-electron chi connectivity index (χ0n) is 24.1. The number of piperidine rings is 1. The zero-order valence-corrected chi connectivity index (χ0v) is 25.7. The van der Waals surface area contributed by atoms with E-state index < -0.39 is 15.8 Å². The molecule has 5 heterocycles. The lowest BCUT2D eigenvalue weighted by molar-refractivity contribution is 0.0980. The fourth-order valence-corrected chi connectivity index (χ4v) is 6.45. The minimum atomic E-state index is -3.55. The van der Waals surface area contributed by atoms with Gasteiger partial charge in [-0.2, -0.15) is 4.98 Å². The Balaban J connectivity index is 1.13. The number of anilines is 6. The Hall–Kier alpha value is -3.46. The van der Waals surface area contributed by atoms with E-state index in [2.05, 4.69) is 47.2 Å². The molecule has 0 spiro atoms. The third-order valence-electron chi connectivity index (χ3n) is 8.02. The van der Waals surface area contributed by atoms with E-state index in [-0.39, 0.29) is 16.8 Å². The summed E-state index contributed by atoms with van der Waals surface area (Å²) in [6, 6.07) is 5.34. The topological polar surface area (TPSA) is 128 Å². The highest BCUT2D eigenvalue weighted by Gasteiger charge is 2.28. The van der Waals surface area contributed by atoms with Crippen LogP contribution in [-0.4, -0.2) is 98.4 Å². The number of nitrogens with zero attached hydrogens (tertiary/aromatic N) is 6. The standard InChI is InChI=1S/C28H35ClFN9O3S/c1-37-8-10-38(11-9-37)20-3-6-39(7-4-20)27-22(30)14-19(16-31-27)33-28-32-17-21(29)26(35-28)34-23-15-25-18(5-12-42-25)13-24(23)36-43(2,40)41/h13-17,20,36H,3-12H2,1-2H3,(H2,32,33,34,35). The Labute approximate surface area is 255 Å². The van der Waals surface area contributed by atoms with Gasteiger partial charge < -0.3 is 25.2 Å². The third kappa shape index (κ3) is 7.03. The van der Waals surface area contributed by atoms with Gasteiger partial charge >= 0.3 is 0 Å². The molecule has 230 valence electrons. The third-order valence-corrected chi connectivity index (χ3v) is 8.89. The van der Waals surface area contributed by atoms with Gasteiger partial charge in [0.05, 0.1) is 42.3 Å². The summed E-state index contributed by atoms with van der Waals surface area (Å²) in [5, 5.41) is 6.27. The van der Waals surface area contributed by atoms with Gasteiger partial charge in [0.2, 0.25) is 16.0 Å². The lowest BCUT2D eigenvalue weighted by Crippen LogP contribution is -2.52. The van der Waals surface area contributed by atoms with Crippen LogP contribution in [0.25, 0.3) is 0 Å². The van der Waals surface area contributed by atoms with Crippen molar-refractivity contribution in [3.05, 3.63) is 47.0 Å². The van der Waals surface area contributed by atoms with Crippen LogP contribution < -0.4 is 25.0 Å². The van der Waals surface area contributed by atoms with Crippen LogP contribution in [0, 0.1) is 5.82 Å². The van der Waals surface area contributed by atoms with Crippen LogP contribution >= 0.6 is 11.6 Å². The van der Waals surface area contributed by atoms with Crippen LogP contribution in [0.2, 0.25) is 5.02 Å². The van der Waals surface area contributed by atoms with Crippen LogP contribution in [0.4, 0.5) is 39.0 Å². The maximum Gasteiger partial charge on any atom is 0.229 e. The minimum absolute atomic E-state index is 0.156. The van der Waals surface area contributed by atoms with Crippen molar-refractivity contribution in [3.8, 4) is 5.75 Å². The molecule has 3 N–H and O–H groups in total. The predicted molar refractivity (Wildman–Crippen MR) is 166 cm³/mol. The first-order chi connectivity index (χ1) is 20.6. The number of aromatic nitrogens is 3. The van der Waals surface area contributed by atoms with Gasteiger partial charge in [-0.15, -0.1) is 0 Å². The minimum Gasteiger partial charge on any atom is -0.493 e. The Morgan fingerprint density at radius 2 is 1.77 bits per heavy atom. The summed E-state index contributed by atoms with van der Waals surface area (Å²) in [7, 11) is -1.40. The molecule has 6 rings (SSSR count). The summed E-state index contributed by atoms with van der Waals surface area (Å²) in [6.07, 6.45) is 6.68. The number of benzene rings is 1. The fraction of sp³-hybridized carbons (Fsp3) is 0.464. The molecule has 0 amide bonds. The van der Waals surface area contributed by atoms with Crippen molar-refractivity contribution < 1.29 is 17.5 Å². The molecule has 0 aliphatic carbocycles. The summed E-state index contributed by atoms with van der Waals surface area (Å²) in [4.78, 5) is 20.0. The smallest absolute Gasteiger partial charge is 0.229 e. The van der Waals surface area contributed by atoms with Crippen molar-refractivity contribution in [2.45, 2.75) is 25.3 Å². The summed E-state index contributed by atoms with van der Waals surface area (Å²) in [5.41, 5.74) is 2.02. The number of piperazine rings is 1. The Bertz CT molecular complexity index is 1600. The number of rotatable bonds is 8. The van der Waals surface area contributed by atoms with Crippen molar-refractivity contribution in [2.24, 2.45) is 0 Å². The molecule has 43 heavy (non-hydrogen) atoms. The predicted octanol–water partition coefficient (Wildman–Crippen LogP) is 3.67. The first-order valence-corrected chi connectivity index (χ1v) is 16.6. The van der Waals surface area contributed by atoms with E-state index in [1.165, 1.54) is 12.3 Å². The molecule has 2 saturated heterocycles. The number of nitrogens with one attached hydrogen (secondary N) is 3. The number of fused-ring (bicyclic) bond motifs is 1. The Kier molecular flexibility index (Phi) is 8.45. The molecule has 3 aromatic rings. The SMILES string of the molecule is CN1CCN(C2CCN(c3ncc(Nc4ncc(Cl)c(Nc5cc6c(cc5NS(C)(=O)=O)CCO6)n4)cc3F)CC2)CC1. The first kappa shape index (κ1) is 29.6. The number of hydrogen-bond acceptors (Lipinski definition) is 11.